The summed E-state index contributed by atoms with van der Waals surface area (Å²) in [5.74, 6) is -0.743. The van der Waals surface area contributed by atoms with E-state index in [1.807, 2.05) is 6.92 Å². The highest BCUT2D eigenvalue weighted by Crippen LogP contribution is 2.27. The van der Waals surface area contributed by atoms with Gasteiger partial charge in [0, 0.05) is 0 Å². The van der Waals surface area contributed by atoms with Crippen LogP contribution >= 0.6 is 0 Å². The van der Waals surface area contributed by atoms with E-state index in [4.69, 9.17) is 5.73 Å². The van der Waals surface area contributed by atoms with Gasteiger partial charge in [0.05, 0.1) is 17.3 Å². The van der Waals surface area contributed by atoms with Crippen LogP contribution in [0.3, 0.4) is 0 Å². The van der Waals surface area contributed by atoms with Gasteiger partial charge < -0.3 is 5.73 Å². The second-order valence-corrected chi connectivity index (χ2v) is 4.60. The second-order valence-electron chi connectivity index (χ2n) is 4.60. The van der Waals surface area contributed by atoms with Crippen LogP contribution in [0.15, 0.2) is 29.4 Å². The van der Waals surface area contributed by atoms with Crippen LogP contribution in [0.5, 0.6) is 0 Å². The summed E-state index contributed by atoms with van der Waals surface area (Å²) in [5, 5.41) is 5.65. The first kappa shape index (κ1) is 13.7. The molecule has 1 unspecified atom stereocenters. The van der Waals surface area contributed by atoms with E-state index >= 15 is 0 Å². The molecule has 5 heteroatoms. The Hall–Kier alpha value is -1.75. The summed E-state index contributed by atoms with van der Waals surface area (Å²) in [4.78, 5) is 12.3. The van der Waals surface area contributed by atoms with Gasteiger partial charge in [0.1, 0.15) is 5.82 Å². The van der Waals surface area contributed by atoms with Gasteiger partial charge in [-0.15, -0.1) is 0 Å². The van der Waals surface area contributed by atoms with Crippen molar-refractivity contribution in [3.05, 3.63) is 30.1 Å². The molecule has 1 aromatic rings. The van der Waals surface area contributed by atoms with Crippen molar-refractivity contribution in [1.29, 1.82) is 0 Å². The summed E-state index contributed by atoms with van der Waals surface area (Å²) in [6, 6.07) is 5.91. The van der Waals surface area contributed by atoms with Crippen LogP contribution in [0.4, 0.5) is 10.1 Å². The predicted molar refractivity (Wildman–Crippen MR) is 73.4 cm³/mol. The van der Waals surface area contributed by atoms with E-state index < -0.39 is 0 Å². The van der Waals surface area contributed by atoms with E-state index in [1.54, 1.807) is 12.1 Å². The van der Waals surface area contributed by atoms with Gasteiger partial charge in [-0.25, -0.2) is 9.40 Å². The molecule has 1 aliphatic rings. The first-order chi connectivity index (χ1) is 9.17. The van der Waals surface area contributed by atoms with E-state index in [1.165, 1.54) is 17.1 Å². The fourth-order valence-electron chi connectivity index (χ4n) is 2.27. The van der Waals surface area contributed by atoms with Crippen molar-refractivity contribution in [3.8, 4) is 0 Å². The maximum atomic E-state index is 13.2. The lowest BCUT2D eigenvalue weighted by Gasteiger charge is -2.14. The van der Waals surface area contributed by atoms with Gasteiger partial charge in [0.15, 0.2) is 0 Å². The predicted octanol–water partition coefficient (Wildman–Crippen LogP) is 2.29. The molecule has 0 radical (unpaired) electrons. The minimum absolute atomic E-state index is 0.112. The molecule has 0 aliphatic carbocycles. The zero-order valence-corrected chi connectivity index (χ0v) is 11.0. The Morgan fingerprint density at radius 3 is 2.89 bits per heavy atom. The maximum Gasteiger partial charge on any atom is 0.256 e. The molecule has 0 bridgehead atoms. The number of hydrogen-bond acceptors (Lipinski definition) is 3. The maximum absolute atomic E-state index is 13.2. The summed E-state index contributed by atoms with van der Waals surface area (Å²) in [6.07, 6.45) is 2.27. The third kappa shape index (κ3) is 2.81. The molecule has 19 heavy (non-hydrogen) atoms. The third-order valence-corrected chi connectivity index (χ3v) is 3.15. The molecule has 1 amide bonds. The van der Waals surface area contributed by atoms with Crippen molar-refractivity contribution in [1.82, 2.24) is 0 Å². The van der Waals surface area contributed by atoms with E-state index in [0.717, 1.165) is 18.6 Å². The lowest BCUT2D eigenvalue weighted by Crippen LogP contribution is -2.29. The van der Waals surface area contributed by atoms with Gasteiger partial charge in [-0.3, -0.25) is 4.79 Å². The van der Waals surface area contributed by atoms with Crippen molar-refractivity contribution in [2.75, 3.05) is 11.6 Å². The first-order valence-electron chi connectivity index (χ1n) is 6.54. The summed E-state index contributed by atoms with van der Waals surface area (Å²) in [7, 11) is 0. The number of carbonyl (C=O) groups is 1. The summed E-state index contributed by atoms with van der Waals surface area (Å²) in [5.41, 5.74) is 6.87. The molecule has 0 saturated heterocycles. The fraction of sp³-hybridized carbons (Fsp3) is 0.429. The minimum Gasteiger partial charge on any atom is -0.330 e. The highest BCUT2D eigenvalue weighted by molar-refractivity contribution is 6.15. The molecule has 2 N–H and O–H groups in total. The number of carbonyl (C=O) groups excluding carboxylic acids is 1. The normalized spacial score (nSPS) is 18.9. The molecular formula is C14H18FN3O. The van der Waals surface area contributed by atoms with Gasteiger partial charge in [-0.2, -0.15) is 5.10 Å². The largest absolute Gasteiger partial charge is 0.330 e. The number of nitrogens with two attached hydrogens (primary N) is 1. The molecule has 1 aromatic carbocycles. The fourth-order valence-corrected chi connectivity index (χ4v) is 2.27. The van der Waals surface area contributed by atoms with Gasteiger partial charge in [0.2, 0.25) is 0 Å². The van der Waals surface area contributed by atoms with Crippen LogP contribution in [0, 0.1) is 11.7 Å². The van der Waals surface area contributed by atoms with Crippen molar-refractivity contribution in [3.63, 3.8) is 0 Å². The SMILES string of the molecule is CCCC1=NN(c2cccc(F)c2)C(=O)C1CCN. The lowest BCUT2D eigenvalue weighted by molar-refractivity contribution is -0.119. The molecule has 0 fully saturated rings. The highest BCUT2D eigenvalue weighted by atomic mass is 19.1. The number of rotatable bonds is 5. The number of benzene rings is 1. The minimum atomic E-state index is -0.375. The molecule has 1 aliphatic heterocycles. The van der Waals surface area contributed by atoms with E-state index in [9.17, 15) is 9.18 Å². The van der Waals surface area contributed by atoms with Crippen molar-refractivity contribution < 1.29 is 9.18 Å². The Morgan fingerprint density at radius 2 is 2.26 bits per heavy atom. The zero-order valence-electron chi connectivity index (χ0n) is 11.0. The topological polar surface area (TPSA) is 58.7 Å². The lowest BCUT2D eigenvalue weighted by atomic mass is 9.96. The smallest absolute Gasteiger partial charge is 0.256 e. The molecule has 0 spiro atoms. The van der Waals surface area contributed by atoms with Crippen molar-refractivity contribution >= 4 is 17.3 Å². The van der Waals surface area contributed by atoms with Gasteiger partial charge in [0.25, 0.3) is 5.91 Å². The van der Waals surface area contributed by atoms with Gasteiger partial charge in [-0.05, 0) is 37.6 Å². The molecule has 0 saturated carbocycles. The number of amides is 1. The van der Waals surface area contributed by atoms with E-state index in [2.05, 4.69) is 5.10 Å². The molecule has 1 heterocycles. The Kier molecular flexibility index (Phi) is 4.27. The van der Waals surface area contributed by atoms with Crippen LogP contribution in [-0.2, 0) is 4.79 Å². The quantitative estimate of drug-likeness (QED) is 0.886. The zero-order chi connectivity index (χ0) is 13.8. The first-order valence-corrected chi connectivity index (χ1v) is 6.54. The molecule has 102 valence electrons. The second kappa shape index (κ2) is 5.93. The summed E-state index contributed by atoms with van der Waals surface area (Å²) >= 11 is 0. The summed E-state index contributed by atoms with van der Waals surface area (Å²) in [6.45, 7) is 2.48. The monoisotopic (exact) mass is 263 g/mol. The Morgan fingerprint density at radius 1 is 1.47 bits per heavy atom. The van der Waals surface area contributed by atoms with Crippen LogP contribution in [0.2, 0.25) is 0 Å². The van der Waals surface area contributed by atoms with Crippen LogP contribution < -0.4 is 10.7 Å². The van der Waals surface area contributed by atoms with Gasteiger partial charge >= 0.3 is 0 Å². The number of hydrogen-bond donors (Lipinski definition) is 1. The molecule has 4 nitrogen and oxygen atoms in total. The average Bonchev–Trinajstić information content (AvgIpc) is 2.69. The average molecular weight is 263 g/mol. The molecule has 2 rings (SSSR count). The van der Waals surface area contributed by atoms with Crippen LogP contribution in [0.1, 0.15) is 26.2 Å². The number of halogens is 1. The van der Waals surface area contributed by atoms with Crippen LogP contribution in [-0.4, -0.2) is 18.2 Å². The number of anilines is 1. The third-order valence-electron chi connectivity index (χ3n) is 3.15. The van der Waals surface area contributed by atoms with Gasteiger partial charge in [-0.1, -0.05) is 19.4 Å². The number of hydrazone groups is 1. The standard InChI is InChI=1S/C14H18FN3O/c1-2-4-13-12(7-8-16)14(19)18(17-13)11-6-3-5-10(15)9-11/h3,5-6,9,12H,2,4,7-8,16H2,1H3. The van der Waals surface area contributed by atoms with E-state index in [-0.39, 0.29) is 17.6 Å². The Balaban J connectivity index is 2.29. The Bertz CT molecular complexity index is 501. The van der Waals surface area contributed by atoms with Crippen molar-refractivity contribution in [2.24, 2.45) is 16.8 Å². The van der Waals surface area contributed by atoms with Crippen molar-refractivity contribution in [2.45, 2.75) is 26.2 Å². The molecule has 0 aromatic heterocycles. The Labute approximate surface area is 112 Å². The molecule has 1 atom stereocenters. The van der Waals surface area contributed by atoms with Crippen LogP contribution in [0.25, 0.3) is 0 Å². The molecular weight excluding hydrogens is 245 g/mol. The van der Waals surface area contributed by atoms with E-state index in [0.29, 0.717) is 18.7 Å². The number of nitrogens with zero attached hydrogens (tertiary/aromatic N) is 2. The summed E-state index contributed by atoms with van der Waals surface area (Å²) < 4.78 is 13.2. The highest BCUT2D eigenvalue weighted by Gasteiger charge is 2.35.